The minimum absolute atomic E-state index is 0.0228. The van der Waals surface area contributed by atoms with Gasteiger partial charge in [-0.15, -0.1) is 0 Å². The minimum Gasteiger partial charge on any atom is -0.396 e. The van der Waals surface area contributed by atoms with E-state index in [9.17, 15) is 9.90 Å². The molecular weight excluding hydrogens is 288 g/mol. The summed E-state index contributed by atoms with van der Waals surface area (Å²) in [7, 11) is 0. The van der Waals surface area contributed by atoms with E-state index in [1.54, 1.807) is 0 Å². The lowest BCUT2D eigenvalue weighted by Crippen LogP contribution is -2.32. The summed E-state index contributed by atoms with van der Waals surface area (Å²) in [4.78, 5) is 12.1. The third-order valence-corrected chi connectivity index (χ3v) is 4.32. The molecule has 1 amide bonds. The quantitative estimate of drug-likeness (QED) is 0.611. The Bertz CT molecular complexity index is 512. The number of carbonyl (C=O) groups excluding carboxylic acids is 1. The van der Waals surface area contributed by atoms with Crippen LogP contribution >= 0.6 is 0 Å². The van der Waals surface area contributed by atoms with Crippen molar-refractivity contribution >= 4 is 11.6 Å². The Morgan fingerprint density at radius 3 is 2.65 bits per heavy atom. The second kappa shape index (κ2) is 9.04. The maximum absolute atomic E-state index is 12.1. The van der Waals surface area contributed by atoms with E-state index in [0.717, 1.165) is 30.6 Å². The fraction of sp³-hybridized carbons (Fsp3) is 0.632. The molecule has 1 unspecified atom stereocenters. The SMILES string of the molecule is Cc1cccc(NC(=O)CC(C)NCCCC(C)(C)CO)c1C. The third-order valence-electron chi connectivity index (χ3n) is 4.32. The van der Waals surface area contributed by atoms with Crippen molar-refractivity contribution in [2.24, 2.45) is 5.41 Å². The van der Waals surface area contributed by atoms with Gasteiger partial charge in [-0.25, -0.2) is 0 Å². The van der Waals surface area contributed by atoms with Crippen LogP contribution in [0.4, 0.5) is 5.69 Å². The van der Waals surface area contributed by atoms with Crippen LogP contribution in [0.3, 0.4) is 0 Å². The summed E-state index contributed by atoms with van der Waals surface area (Å²) in [6.45, 7) is 11.3. The Kier molecular flexibility index (Phi) is 7.73. The molecule has 1 aromatic rings. The first-order chi connectivity index (χ1) is 10.7. The molecular formula is C19H32N2O2. The van der Waals surface area contributed by atoms with Gasteiger partial charge >= 0.3 is 0 Å². The molecule has 1 atom stereocenters. The van der Waals surface area contributed by atoms with Crippen molar-refractivity contribution < 1.29 is 9.90 Å². The van der Waals surface area contributed by atoms with Crippen LogP contribution in [0, 0.1) is 19.3 Å². The fourth-order valence-corrected chi connectivity index (χ4v) is 2.43. The third kappa shape index (κ3) is 7.14. The van der Waals surface area contributed by atoms with Gasteiger partial charge in [0.25, 0.3) is 0 Å². The molecule has 0 aromatic heterocycles. The van der Waals surface area contributed by atoms with Crippen molar-refractivity contribution in [2.45, 2.75) is 59.9 Å². The smallest absolute Gasteiger partial charge is 0.225 e. The molecule has 0 heterocycles. The normalized spacial score (nSPS) is 13.0. The van der Waals surface area contributed by atoms with Crippen molar-refractivity contribution in [1.82, 2.24) is 5.32 Å². The Balaban J connectivity index is 2.32. The van der Waals surface area contributed by atoms with Crippen molar-refractivity contribution in [2.75, 3.05) is 18.5 Å². The lowest BCUT2D eigenvalue weighted by Gasteiger charge is -2.22. The van der Waals surface area contributed by atoms with Gasteiger partial charge in [-0.1, -0.05) is 26.0 Å². The highest BCUT2D eigenvalue weighted by Gasteiger charge is 2.16. The molecule has 0 aliphatic rings. The molecule has 0 aliphatic carbocycles. The van der Waals surface area contributed by atoms with Crippen molar-refractivity contribution in [3.63, 3.8) is 0 Å². The number of anilines is 1. The summed E-state index contributed by atoms with van der Waals surface area (Å²) in [6, 6.07) is 6.08. The second-order valence-electron chi connectivity index (χ2n) is 7.28. The van der Waals surface area contributed by atoms with E-state index in [1.165, 1.54) is 5.56 Å². The first-order valence-corrected chi connectivity index (χ1v) is 8.45. The van der Waals surface area contributed by atoms with Crippen LogP contribution in [0.2, 0.25) is 0 Å². The van der Waals surface area contributed by atoms with E-state index >= 15 is 0 Å². The summed E-state index contributed by atoms with van der Waals surface area (Å²) in [5.41, 5.74) is 3.17. The first-order valence-electron chi connectivity index (χ1n) is 8.45. The van der Waals surface area contributed by atoms with Crippen molar-refractivity contribution in [3.05, 3.63) is 29.3 Å². The Hall–Kier alpha value is -1.39. The minimum atomic E-state index is -0.0228. The van der Waals surface area contributed by atoms with E-state index in [-0.39, 0.29) is 24.0 Å². The van der Waals surface area contributed by atoms with Gasteiger partial charge < -0.3 is 15.7 Å². The Morgan fingerprint density at radius 1 is 1.30 bits per heavy atom. The molecule has 0 aliphatic heterocycles. The van der Waals surface area contributed by atoms with Crippen LogP contribution < -0.4 is 10.6 Å². The standard InChI is InChI=1S/C19H32N2O2/c1-14-8-6-9-17(16(14)3)21-18(23)12-15(2)20-11-7-10-19(4,5)13-22/h6,8-9,15,20,22H,7,10-13H2,1-5H3,(H,21,23). The molecule has 0 saturated heterocycles. The van der Waals surface area contributed by atoms with Gasteiger partial charge in [0.1, 0.15) is 0 Å². The molecule has 3 N–H and O–H groups in total. The second-order valence-corrected chi connectivity index (χ2v) is 7.28. The van der Waals surface area contributed by atoms with Crippen LogP contribution in [0.15, 0.2) is 18.2 Å². The maximum Gasteiger partial charge on any atom is 0.225 e. The van der Waals surface area contributed by atoms with Gasteiger partial charge in [0.05, 0.1) is 0 Å². The number of aliphatic hydroxyl groups is 1. The van der Waals surface area contributed by atoms with Crippen molar-refractivity contribution in [1.29, 1.82) is 0 Å². The number of nitrogens with one attached hydrogen (secondary N) is 2. The fourth-order valence-electron chi connectivity index (χ4n) is 2.43. The number of rotatable bonds is 9. The van der Waals surface area contributed by atoms with Gasteiger partial charge in [-0.05, 0) is 62.8 Å². The average molecular weight is 320 g/mol. The number of carbonyl (C=O) groups is 1. The molecule has 0 fully saturated rings. The predicted molar refractivity (Wildman–Crippen MR) is 96.7 cm³/mol. The molecule has 0 bridgehead atoms. The van der Waals surface area contributed by atoms with E-state index in [2.05, 4.69) is 24.5 Å². The van der Waals surface area contributed by atoms with E-state index < -0.39 is 0 Å². The molecule has 0 radical (unpaired) electrons. The first kappa shape index (κ1) is 19.7. The number of aliphatic hydroxyl groups excluding tert-OH is 1. The van der Waals surface area contributed by atoms with Crippen LogP contribution in [0.25, 0.3) is 0 Å². The van der Waals surface area contributed by atoms with Crippen LogP contribution in [-0.4, -0.2) is 30.2 Å². The van der Waals surface area contributed by atoms with Crippen molar-refractivity contribution in [3.8, 4) is 0 Å². The lowest BCUT2D eigenvalue weighted by atomic mass is 9.89. The lowest BCUT2D eigenvalue weighted by molar-refractivity contribution is -0.116. The molecule has 0 spiro atoms. The molecule has 4 heteroatoms. The molecule has 4 nitrogen and oxygen atoms in total. The van der Waals surface area contributed by atoms with Gasteiger partial charge in [0, 0.05) is 24.8 Å². The number of amides is 1. The highest BCUT2D eigenvalue weighted by atomic mass is 16.3. The summed E-state index contributed by atoms with van der Waals surface area (Å²) < 4.78 is 0. The summed E-state index contributed by atoms with van der Waals surface area (Å²) >= 11 is 0. The van der Waals surface area contributed by atoms with Crippen LogP contribution in [0.5, 0.6) is 0 Å². The van der Waals surface area contributed by atoms with Crippen LogP contribution in [0.1, 0.15) is 51.2 Å². The average Bonchev–Trinajstić information content (AvgIpc) is 2.48. The number of aryl methyl sites for hydroxylation is 1. The number of benzene rings is 1. The largest absolute Gasteiger partial charge is 0.396 e. The van der Waals surface area contributed by atoms with Gasteiger partial charge in [-0.2, -0.15) is 0 Å². The van der Waals surface area contributed by atoms with Gasteiger partial charge in [-0.3, -0.25) is 4.79 Å². The van der Waals surface area contributed by atoms with E-state index in [1.807, 2.05) is 39.0 Å². The van der Waals surface area contributed by atoms with Crippen LogP contribution in [-0.2, 0) is 4.79 Å². The molecule has 0 saturated carbocycles. The highest BCUT2D eigenvalue weighted by molar-refractivity contribution is 5.92. The highest BCUT2D eigenvalue weighted by Crippen LogP contribution is 2.20. The maximum atomic E-state index is 12.1. The zero-order valence-electron chi connectivity index (χ0n) is 15.2. The van der Waals surface area contributed by atoms with Gasteiger partial charge in [0.15, 0.2) is 0 Å². The predicted octanol–water partition coefficient (Wildman–Crippen LogP) is 3.41. The van der Waals surface area contributed by atoms with E-state index in [4.69, 9.17) is 0 Å². The summed E-state index contributed by atoms with van der Waals surface area (Å²) in [6.07, 6.45) is 2.42. The number of hydrogen-bond acceptors (Lipinski definition) is 3. The summed E-state index contributed by atoms with van der Waals surface area (Å²) in [5.74, 6) is 0.0365. The molecule has 1 rings (SSSR count). The van der Waals surface area contributed by atoms with Gasteiger partial charge in [0.2, 0.25) is 5.91 Å². The Labute approximate surface area is 140 Å². The molecule has 1 aromatic carbocycles. The zero-order valence-corrected chi connectivity index (χ0v) is 15.2. The number of hydrogen-bond donors (Lipinski definition) is 3. The monoisotopic (exact) mass is 320 g/mol. The molecule has 23 heavy (non-hydrogen) atoms. The molecule has 130 valence electrons. The Morgan fingerprint density at radius 2 is 2.00 bits per heavy atom. The zero-order chi connectivity index (χ0) is 17.5. The summed E-state index contributed by atoms with van der Waals surface area (Å²) in [5, 5.41) is 15.6. The topological polar surface area (TPSA) is 61.4 Å². The van der Waals surface area contributed by atoms with E-state index in [0.29, 0.717) is 6.42 Å².